The van der Waals surface area contributed by atoms with Crippen LogP contribution in [0.2, 0.25) is 0 Å². The van der Waals surface area contributed by atoms with Crippen LogP contribution in [0, 0.1) is 0 Å². The van der Waals surface area contributed by atoms with E-state index in [9.17, 15) is 18.0 Å². The smallest absolute Gasteiger partial charge is 0.300 e. The van der Waals surface area contributed by atoms with Crippen molar-refractivity contribution in [3.8, 4) is 11.5 Å². The van der Waals surface area contributed by atoms with Gasteiger partial charge < -0.3 is 0 Å². The molecule has 0 aliphatic heterocycles. The van der Waals surface area contributed by atoms with Crippen molar-refractivity contribution in [1.29, 1.82) is 0 Å². The predicted octanol–water partition coefficient (Wildman–Crippen LogP) is 2.40. The summed E-state index contributed by atoms with van der Waals surface area (Å²) >= 11 is 0. The van der Waals surface area contributed by atoms with E-state index in [1.807, 2.05) is 0 Å². The van der Waals surface area contributed by atoms with Crippen molar-refractivity contribution in [2.75, 3.05) is 0 Å². The molecule has 0 fully saturated rings. The summed E-state index contributed by atoms with van der Waals surface area (Å²) in [6.07, 6.45) is 2.32. The van der Waals surface area contributed by atoms with Crippen LogP contribution in [0.25, 0.3) is 11.5 Å². The van der Waals surface area contributed by atoms with Gasteiger partial charge in [-0.2, -0.15) is 17.9 Å². The first kappa shape index (κ1) is 15.5. The van der Waals surface area contributed by atoms with Crippen molar-refractivity contribution in [1.82, 2.24) is 24.3 Å². The number of halogens is 3. The molecule has 0 bridgehead atoms. The summed E-state index contributed by atoms with van der Waals surface area (Å²) < 4.78 is 40.4. The van der Waals surface area contributed by atoms with Crippen LogP contribution in [0.1, 0.15) is 13.0 Å². The molecule has 0 radical (unpaired) electrons. The zero-order valence-corrected chi connectivity index (χ0v) is 10.4. The Morgan fingerprint density at radius 2 is 2.00 bits per heavy atom. The highest BCUT2D eigenvalue weighted by Crippen LogP contribution is 2.29. The standard InChI is InChI=1S/C12H8F3N5O.CH4/c13-12(14,15)8-1-2-17-10(5-8)20-11(21)9(6-18-20)19-4-3-16-7-19;/h1-7,18H;1H4. The van der Waals surface area contributed by atoms with Gasteiger partial charge in [0.1, 0.15) is 5.69 Å². The first-order valence-electron chi connectivity index (χ1n) is 5.79. The molecule has 3 rings (SSSR count). The molecule has 0 atom stereocenters. The molecule has 22 heavy (non-hydrogen) atoms. The fourth-order valence-electron chi connectivity index (χ4n) is 1.83. The summed E-state index contributed by atoms with van der Waals surface area (Å²) in [5.41, 5.74) is -1.18. The molecule has 3 aromatic rings. The van der Waals surface area contributed by atoms with Crippen LogP contribution in [-0.2, 0) is 6.18 Å². The second-order valence-electron chi connectivity index (χ2n) is 4.17. The highest BCUT2D eigenvalue weighted by Gasteiger charge is 2.31. The number of H-pyrrole nitrogens is 1. The van der Waals surface area contributed by atoms with E-state index in [2.05, 4.69) is 15.1 Å². The van der Waals surface area contributed by atoms with E-state index in [-0.39, 0.29) is 18.9 Å². The van der Waals surface area contributed by atoms with E-state index < -0.39 is 17.3 Å². The van der Waals surface area contributed by atoms with Gasteiger partial charge in [0.05, 0.1) is 11.9 Å². The van der Waals surface area contributed by atoms with Gasteiger partial charge in [0.25, 0.3) is 5.56 Å². The van der Waals surface area contributed by atoms with E-state index >= 15 is 0 Å². The molecule has 116 valence electrons. The van der Waals surface area contributed by atoms with Crippen LogP contribution in [0.4, 0.5) is 13.2 Å². The van der Waals surface area contributed by atoms with E-state index in [4.69, 9.17) is 0 Å². The molecule has 3 heterocycles. The molecule has 0 spiro atoms. The van der Waals surface area contributed by atoms with Gasteiger partial charge >= 0.3 is 6.18 Å². The largest absolute Gasteiger partial charge is 0.416 e. The lowest BCUT2D eigenvalue weighted by atomic mass is 10.2. The molecule has 0 aromatic carbocycles. The molecule has 0 amide bonds. The SMILES string of the molecule is C.O=c1c(-n2ccnc2)c[nH]n1-c1cc(C(F)(F)F)ccn1. The maximum absolute atomic E-state index is 12.7. The third-order valence-corrected chi connectivity index (χ3v) is 2.84. The van der Waals surface area contributed by atoms with Gasteiger partial charge in [-0.05, 0) is 12.1 Å². The number of hydrogen-bond donors (Lipinski definition) is 1. The predicted molar refractivity (Wildman–Crippen MR) is 73.0 cm³/mol. The van der Waals surface area contributed by atoms with Crippen molar-refractivity contribution >= 4 is 0 Å². The Bertz CT molecular complexity index is 817. The second kappa shape index (κ2) is 5.51. The minimum atomic E-state index is -4.50. The third-order valence-electron chi connectivity index (χ3n) is 2.84. The van der Waals surface area contributed by atoms with Crippen molar-refractivity contribution < 1.29 is 13.2 Å². The maximum atomic E-state index is 12.7. The molecule has 6 nitrogen and oxygen atoms in total. The van der Waals surface area contributed by atoms with Gasteiger partial charge in [0, 0.05) is 24.8 Å². The lowest BCUT2D eigenvalue weighted by molar-refractivity contribution is -0.137. The number of aromatic amines is 1. The molecule has 0 aliphatic rings. The zero-order valence-electron chi connectivity index (χ0n) is 10.4. The van der Waals surface area contributed by atoms with Crippen LogP contribution >= 0.6 is 0 Å². The molecular weight excluding hydrogens is 299 g/mol. The summed E-state index contributed by atoms with van der Waals surface area (Å²) in [4.78, 5) is 19.8. The van der Waals surface area contributed by atoms with Crippen LogP contribution in [-0.4, -0.2) is 24.3 Å². The van der Waals surface area contributed by atoms with Crippen LogP contribution < -0.4 is 5.56 Å². The maximum Gasteiger partial charge on any atom is 0.416 e. The van der Waals surface area contributed by atoms with Crippen molar-refractivity contribution in [2.45, 2.75) is 13.6 Å². The van der Waals surface area contributed by atoms with E-state index in [0.29, 0.717) is 0 Å². The van der Waals surface area contributed by atoms with Gasteiger partial charge in [-0.3, -0.25) is 14.5 Å². The summed E-state index contributed by atoms with van der Waals surface area (Å²) in [5.74, 6) is -0.138. The molecule has 9 heteroatoms. The highest BCUT2D eigenvalue weighted by atomic mass is 19.4. The van der Waals surface area contributed by atoms with Gasteiger partial charge in [-0.1, -0.05) is 7.43 Å². The Morgan fingerprint density at radius 3 is 2.64 bits per heavy atom. The normalized spacial score (nSPS) is 11.2. The first-order chi connectivity index (χ1) is 9.97. The van der Waals surface area contributed by atoms with Crippen molar-refractivity contribution in [3.63, 3.8) is 0 Å². The summed E-state index contributed by atoms with van der Waals surface area (Å²) in [6.45, 7) is 0. The zero-order chi connectivity index (χ0) is 15.0. The summed E-state index contributed by atoms with van der Waals surface area (Å²) in [7, 11) is 0. The number of pyridine rings is 1. The van der Waals surface area contributed by atoms with Crippen molar-refractivity contribution in [2.24, 2.45) is 0 Å². The number of nitrogens with zero attached hydrogens (tertiary/aromatic N) is 4. The Balaban J connectivity index is 0.00000176. The lowest BCUT2D eigenvalue weighted by Crippen LogP contribution is -2.19. The monoisotopic (exact) mass is 311 g/mol. The van der Waals surface area contributed by atoms with Crippen LogP contribution in [0.3, 0.4) is 0 Å². The van der Waals surface area contributed by atoms with Gasteiger partial charge in [0.15, 0.2) is 5.82 Å². The second-order valence-corrected chi connectivity index (χ2v) is 4.17. The molecule has 1 N–H and O–H groups in total. The number of rotatable bonds is 2. The number of imidazole rings is 1. The van der Waals surface area contributed by atoms with Gasteiger partial charge in [-0.25, -0.2) is 9.97 Å². The number of aromatic nitrogens is 5. The minimum absolute atomic E-state index is 0. The highest BCUT2D eigenvalue weighted by molar-refractivity contribution is 5.33. The third kappa shape index (κ3) is 2.65. The molecular formula is C13H12F3N5O. The quantitative estimate of drug-likeness (QED) is 0.790. The van der Waals surface area contributed by atoms with E-state index in [1.165, 1.54) is 23.3 Å². The molecule has 0 aliphatic carbocycles. The number of nitrogens with one attached hydrogen (secondary N) is 1. The molecule has 0 saturated heterocycles. The Hall–Kier alpha value is -2.84. The molecule has 0 saturated carbocycles. The van der Waals surface area contributed by atoms with Gasteiger partial charge in [-0.15, -0.1) is 0 Å². The Kier molecular flexibility index (Phi) is 3.89. The first-order valence-corrected chi connectivity index (χ1v) is 5.79. The van der Waals surface area contributed by atoms with E-state index in [1.54, 1.807) is 6.20 Å². The van der Waals surface area contributed by atoms with Crippen LogP contribution in [0.15, 0.2) is 48.0 Å². The van der Waals surface area contributed by atoms with Gasteiger partial charge in [0.2, 0.25) is 0 Å². The Labute approximate surface area is 122 Å². The fraction of sp³-hybridized carbons (Fsp3) is 0.154. The van der Waals surface area contributed by atoms with Crippen molar-refractivity contribution in [3.05, 3.63) is 59.2 Å². The summed E-state index contributed by atoms with van der Waals surface area (Å²) in [5, 5.41) is 2.58. The lowest BCUT2D eigenvalue weighted by Gasteiger charge is -2.07. The minimum Gasteiger partial charge on any atom is -0.300 e. The van der Waals surface area contributed by atoms with Crippen LogP contribution in [0.5, 0.6) is 0 Å². The number of alkyl halides is 3. The molecule has 0 unspecified atom stereocenters. The summed E-state index contributed by atoms with van der Waals surface area (Å²) in [6, 6.07) is 1.64. The Morgan fingerprint density at radius 1 is 1.23 bits per heavy atom. The fourth-order valence-corrected chi connectivity index (χ4v) is 1.83. The molecule has 3 aromatic heterocycles. The number of hydrogen-bond acceptors (Lipinski definition) is 3. The topological polar surface area (TPSA) is 68.5 Å². The average Bonchev–Trinajstić information content (AvgIpc) is 3.07. The van der Waals surface area contributed by atoms with E-state index in [0.717, 1.165) is 23.0 Å². The average molecular weight is 311 g/mol.